The van der Waals surface area contributed by atoms with Gasteiger partial charge in [-0.15, -0.1) is 11.3 Å². The second-order valence-electron chi connectivity index (χ2n) is 4.93. The molecule has 126 valence electrons. The Hall–Kier alpha value is -1.41. The molecule has 0 spiro atoms. The van der Waals surface area contributed by atoms with Crippen LogP contribution in [0.4, 0.5) is 0 Å². The van der Waals surface area contributed by atoms with Crippen molar-refractivity contribution in [3.8, 4) is 0 Å². The molecule has 23 heavy (non-hydrogen) atoms. The van der Waals surface area contributed by atoms with Gasteiger partial charge in [0, 0.05) is 11.3 Å². The first-order valence-electron chi connectivity index (χ1n) is 7.39. The number of carbonyl (C=O) groups excluding carboxylic acids is 3. The lowest BCUT2D eigenvalue weighted by Gasteiger charge is -2.25. The number of hydrogen-bond donors (Lipinski definition) is 0. The van der Waals surface area contributed by atoms with Crippen molar-refractivity contribution in [3.05, 3.63) is 20.3 Å². The summed E-state index contributed by atoms with van der Waals surface area (Å²) in [7, 11) is 0. The van der Waals surface area contributed by atoms with E-state index in [9.17, 15) is 14.4 Å². The van der Waals surface area contributed by atoms with Crippen LogP contribution in [0.25, 0.3) is 0 Å². The van der Waals surface area contributed by atoms with Gasteiger partial charge in [0.15, 0.2) is 0 Å². The predicted octanol–water partition coefficient (Wildman–Crippen LogP) is 2.74. The molecular weight excluding hydrogens is 386 g/mol. The fraction of sp³-hybridized carbons (Fsp3) is 0.533. The summed E-state index contributed by atoms with van der Waals surface area (Å²) in [6.45, 7) is 4.30. The quantitative estimate of drug-likeness (QED) is 0.654. The Balaban J connectivity index is 2.11. The van der Waals surface area contributed by atoms with Crippen molar-refractivity contribution in [2.24, 2.45) is 0 Å². The summed E-state index contributed by atoms with van der Waals surface area (Å²) in [5.74, 6) is -1.07. The molecule has 8 heteroatoms. The molecule has 1 aromatic rings. The Morgan fingerprint density at radius 1 is 1.35 bits per heavy atom. The van der Waals surface area contributed by atoms with Crippen molar-refractivity contribution in [1.29, 1.82) is 0 Å². The van der Waals surface area contributed by atoms with Crippen LogP contribution in [-0.2, 0) is 25.6 Å². The van der Waals surface area contributed by atoms with Crippen LogP contribution in [0.2, 0.25) is 0 Å². The third-order valence-corrected chi connectivity index (χ3v) is 5.07. The topological polar surface area (TPSA) is 72.9 Å². The van der Waals surface area contributed by atoms with E-state index in [1.165, 1.54) is 16.2 Å². The molecule has 0 aliphatic carbocycles. The van der Waals surface area contributed by atoms with Crippen LogP contribution >= 0.6 is 27.3 Å². The van der Waals surface area contributed by atoms with Crippen LogP contribution in [0.15, 0.2) is 9.85 Å². The van der Waals surface area contributed by atoms with Gasteiger partial charge in [-0.05, 0) is 42.3 Å². The van der Waals surface area contributed by atoms with Crippen molar-refractivity contribution in [1.82, 2.24) is 4.90 Å². The average molecular weight is 404 g/mol. The van der Waals surface area contributed by atoms with E-state index in [2.05, 4.69) is 15.9 Å². The molecule has 0 N–H and O–H groups in total. The van der Waals surface area contributed by atoms with Gasteiger partial charge in [-0.3, -0.25) is 9.59 Å². The van der Waals surface area contributed by atoms with E-state index in [1.807, 2.05) is 0 Å². The van der Waals surface area contributed by atoms with E-state index in [0.29, 0.717) is 12.1 Å². The van der Waals surface area contributed by atoms with Crippen molar-refractivity contribution in [3.63, 3.8) is 0 Å². The van der Waals surface area contributed by atoms with Crippen LogP contribution in [0.5, 0.6) is 0 Å². The molecule has 0 saturated heterocycles. The highest BCUT2D eigenvalue weighted by Crippen LogP contribution is 2.35. The van der Waals surface area contributed by atoms with Crippen LogP contribution < -0.4 is 0 Å². The summed E-state index contributed by atoms with van der Waals surface area (Å²) >= 11 is 4.83. The molecule has 6 nitrogen and oxygen atoms in total. The molecule has 0 saturated carbocycles. The summed E-state index contributed by atoms with van der Waals surface area (Å²) in [5, 5.41) is 0. The summed E-state index contributed by atoms with van der Waals surface area (Å²) < 4.78 is 10.8. The molecule has 2 heterocycles. The zero-order valence-electron chi connectivity index (χ0n) is 13.0. The maximum atomic E-state index is 12.5. The fourth-order valence-corrected chi connectivity index (χ4v) is 4.14. The predicted molar refractivity (Wildman–Crippen MR) is 88.2 cm³/mol. The number of thiophene rings is 1. The van der Waals surface area contributed by atoms with E-state index in [1.54, 1.807) is 19.9 Å². The molecule has 0 aromatic carbocycles. The normalized spacial score (nSPS) is 14.6. The van der Waals surface area contributed by atoms with E-state index < -0.39 is 12.0 Å². The Kier molecular flexibility index (Phi) is 6.17. The standard InChI is InChI=1S/C15H18BrNO5S/c1-3-21-13(18)6-5-10(15(20)22-4-2)17-8-11-9(14(17)19)7-12(16)23-11/h7,10H,3-6,8H2,1-2H3/t10-/m0/s1. The van der Waals surface area contributed by atoms with Gasteiger partial charge in [-0.2, -0.15) is 0 Å². The van der Waals surface area contributed by atoms with Gasteiger partial charge in [-0.25, -0.2) is 4.79 Å². The molecule has 0 radical (unpaired) electrons. The van der Waals surface area contributed by atoms with E-state index in [-0.39, 0.29) is 37.9 Å². The van der Waals surface area contributed by atoms with Gasteiger partial charge in [-0.1, -0.05) is 0 Å². The highest BCUT2D eigenvalue weighted by atomic mass is 79.9. The van der Waals surface area contributed by atoms with E-state index in [4.69, 9.17) is 9.47 Å². The fourth-order valence-electron chi connectivity index (χ4n) is 2.45. The van der Waals surface area contributed by atoms with E-state index >= 15 is 0 Å². The first kappa shape index (κ1) is 17.9. The molecule has 1 amide bonds. The summed E-state index contributed by atoms with van der Waals surface area (Å²) in [4.78, 5) is 38.7. The number of carbonyl (C=O) groups is 3. The van der Waals surface area contributed by atoms with Gasteiger partial charge in [0.2, 0.25) is 0 Å². The van der Waals surface area contributed by atoms with Crippen LogP contribution in [0, 0.1) is 0 Å². The van der Waals surface area contributed by atoms with Gasteiger partial charge >= 0.3 is 11.9 Å². The molecule has 1 aromatic heterocycles. The van der Waals surface area contributed by atoms with Gasteiger partial charge in [0.05, 0.1) is 29.1 Å². The largest absolute Gasteiger partial charge is 0.466 e. The first-order chi connectivity index (χ1) is 11.0. The van der Waals surface area contributed by atoms with Crippen molar-refractivity contribution in [2.45, 2.75) is 39.3 Å². The molecule has 1 aliphatic heterocycles. The zero-order chi connectivity index (χ0) is 17.0. The maximum absolute atomic E-state index is 12.5. The van der Waals surface area contributed by atoms with E-state index in [0.717, 1.165) is 8.66 Å². The molecular formula is C15H18BrNO5S. The molecule has 2 rings (SSSR count). The number of hydrogen-bond acceptors (Lipinski definition) is 6. The minimum Gasteiger partial charge on any atom is -0.466 e. The SMILES string of the molecule is CCOC(=O)CC[C@@H](C(=O)OCC)N1Cc2sc(Br)cc2C1=O. The lowest BCUT2D eigenvalue weighted by Crippen LogP contribution is -2.42. The molecule has 1 aliphatic rings. The Bertz CT molecular complexity index is 615. The van der Waals surface area contributed by atoms with Crippen LogP contribution in [-0.4, -0.2) is 42.0 Å². The van der Waals surface area contributed by atoms with Crippen molar-refractivity contribution >= 4 is 45.1 Å². The number of halogens is 1. The zero-order valence-corrected chi connectivity index (χ0v) is 15.4. The number of ether oxygens (including phenoxy) is 2. The number of rotatable bonds is 7. The van der Waals surface area contributed by atoms with Gasteiger partial charge in [0.25, 0.3) is 5.91 Å². The highest BCUT2D eigenvalue weighted by Gasteiger charge is 2.38. The number of amides is 1. The third kappa shape index (κ3) is 4.11. The molecule has 1 atom stereocenters. The Morgan fingerprint density at radius 2 is 2.04 bits per heavy atom. The van der Waals surface area contributed by atoms with Gasteiger partial charge in [0.1, 0.15) is 6.04 Å². The number of fused-ring (bicyclic) bond motifs is 1. The van der Waals surface area contributed by atoms with Crippen molar-refractivity contribution in [2.75, 3.05) is 13.2 Å². The Morgan fingerprint density at radius 3 is 2.65 bits per heavy atom. The molecule has 0 bridgehead atoms. The average Bonchev–Trinajstić information content (AvgIpc) is 2.99. The lowest BCUT2D eigenvalue weighted by atomic mass is 10.1. The minimum atomic E-state index is -0.773. The van der Waals surface area contributed by atoms with Crippen LogP contribution in [0.3, 0.4) is 0 Å². The highest BCUT2D eigenvalue weighted by molar-refractivity contribution is 9.11. The number of esters is 2. The number of nitrogens with zero attached hydrogens (tertiary/aromatic N) is 1. The van der Waals surface area contributed by atoms with Gasteiger partial charge < -0.3 is 14.4 Å². The van der Waals surface area contributed by atoms with Crippen molar-refractivity contribution < 1.29 is 23.9 Å². The second kappa shape index (κ2) is 7.92. The summed E-state index contributed by atoms with van der Waals surface area (Å²) in [6, 6.07) is 0.987. The minimum absolute atomic E-state index is 0.0679. The summed E-state index contributed by atoms with van der Waals surface area (Å²) in [5.41, 5.74) is 0.604. The third-order valence-electron chi connectivity index (χ3n) is 3.45. The lowest BCUT2D eigenvalue weighted by molar-refractivity contribution is -0.150. The smallest absolute Gasteiger partial charge is 0.328 e. The molecule has 0 fully saturated rings. The Labute approximate surface area is 146 Å². The van der Waals surface area contributed by atoms with Crippen LogP contribution in [0.1, 0.15) is 41.9 Å². The maximum Gasteiger partial charge on any atom is 0.328 e. The molecule has 0 unspecified atom stereocenters. The first-order valence-corrected chi connectivity index (χ1v) is 9.00. The summed E-state index contributed by atoms with van der Waals surface area (Å²) in [6.07, 6.45) is 0.262. The second-order valence-corrected chi connectivity index (χ2v) is 7.45. The monoisotopic (exact) mass is 403 g/mol.